The van der Waals surface area contributed by atoms with E-state index in [-0.39, 0.29) is 11.9 Å². The molecule has 4 atom stereocenters. The van der Waals surface area contributed by atoms with Crippen LogP contribution in [0.4, 0.5) is 0 Å². The second kappa shape index (κ2) is 7.89. The Labute approximate surface area is 149 Å². The third kappa shape index (κ3) is 3.84. The zero-order valence-electron chi connectivity index (χ0n) is 14.3. The molecule has 0 saturated carbocycles. The van der Waals surface area contributed by atoms with Crippen LogP contribution in [0.3, 0.4) is 0 Å². The molecule has 2 aromatic rings. The first kappa shape index (κ1) is 17.1. The minimum atomic E-state index is 0.0731. The summed E-state index contributed by atoms with van der Waals surface area (Å²) in [6.45, 7) is 3.86. The maximum atomic E-state index is 11.7. The van der Waals surface area contributed by atoms with Gasteiger partial charge in [0.05, 0.1) is 0 Å². The van der Waals surface area contributed by atoms with Crippen LogP contribution in [0.1, 0.15) is 48.3 Å². The van der Waals surface area contributed by atoms with E-state index in [9.17, 15) is 4.79 Å². The Kier molecular flexibility index (Phi) is 5.62. The fraction of sp³-hybridized carbons (Fsp3) is 0.381. The van der Waals surface area contributed by atoms with Crippen molar-refractivity contribution in [3.05, 3.63) is 71.8 Å². The van der Waals surface area contributed by atoms with E-state index in [0.717, 1.165) is 12.8 Å². The van der Waals surface area contributed by atoms with E-state index in [1.165, 1.54) is 11.1 Å². The molecule has 0 aliphatic carbocycles. The molecule has 1 aliphatic heterocycles. The predicted molar refractivity (Wildman–Crippen MR) is 102 cm³/mol. The number of hydrogen-bond acceptors (Lipinski definition) is 2. The maximum Gasteiger partial charge on any atom is 0.217 e. The van der Waals surface area contributed by atoms with Crippen molar-refractivity contribution in [2.24, 2.45) is 5.92 Å². The molecule has 2 aromatic carbocycles. The summed E-state index contributed by atoms with van der Waals surface area (Å²) in [5.74, 6) is 0.533. The van der Waals surface area contributed by atoms with Crippen molar-refractivity contribution in [3.8, 4) is 0 Å². The first-order chi connectivity index (χ1) is 11.7. The van der Waals surface area contributed by atoms with Crippen LogP contribution in [0.2, 0.25) is 0 Å². The Balaban J connectivity index is 1.93. The highest BCUT2D eigenvalue weighted by Gasteiger charge is 2.38. The van der Waals surface area contributed by atoms with Gasteiger partial charge in [0.1, 0.15) is 0 Å². The molecule has 1 fully saturated rings. The zero-order chi connectivity index (χ0) is 16.9. The summed E-state index contributed by atoms with van der Waals surface area (Å²) < 4.78 is 0. The van der Waals surface area contributed by atoms with Crippen molar-refractivity contribution in [2.75, 3.05) is 0 Å². The molecule has 0 bridgehead atoms. The van der Waals surface area contributed by atoms with Gasteiger partial charge in [-0.1, -0.05) is 67.6 Å². The molecule has 1 saturated heterocycles. The minimum Gasteiger partial charge on any atom is -0.353 e. The van der Waals surface area contributed by atoms with E-state index in [1.807, 2.05) is 11.8 Å². The van der Waals surface area contributed by atoms with Crippen molar-refractivity contribution in [1.29, 1.82) is 0 Å². The van der Waals surface area contributed by atoms with Crippen LogP contribution in [0.5, 0.6) is 0 Å². The van der Waals surface area contributed by atoms with Crippen LogP contribution >= 0.6 is 11.8 Å². The maximum absolute atomic E-state index is 11.7. The van der Waals surface area contributed by atoms with Crippen LogP contribution in [0.25, 0.3) is 0 Å². The molecule has 0 unspecified atom stereocenters. The summed E-state index contributed by atoms with van der Waals surface area (Å²) in [5.41, 5.74) is 2.72. The van der Waals surface area contributed by atoms with E-state index < -0.39 is 0 Å². The van der Waals surface area contributed by atoms with Crippen molar-refractivity contribution in [3.63, 3.8) is 0 Å². The van der Waals surface area contributed by atoms with E-state index in [1.54, 1.807) is 6.92 Å². The van der Waals surface area contributed by atoms with Gasteiger partial charge in [0.15, 0.2) is 0 Å². The Morgan fingerprint density at radius 2 is 1.62 bits per heavy atom. The highest BCUT2D eigenvalue weighted by Crippen LogP contribution is 2.53. The minimum absolute atomic E-state index is 0.0731. The Bertz CT molecular complexity index is 658. The number of nitrogens with one attached hydrogen (secondary N) is 1. The van der Waals surface area contributed by atoms with E-state index in [2.05, 4.69) is 72.9 Å². The molecule has 0 radical (unpaired) electrons. The lowest BCUT2D eigenvalue weighted by molar-refractivity contribution is -0.120. The van der Waals surface area contributed by atoms with Gasteiger partial charge in [0.25, 0.3) is 0 Å². The molecule has 0 spiro atoms. The third-order valence-electron chi connectivity index (χ3n) is 4.84. The summed E-state index contributed by atoms with van der Waals surface area (Å²) in [6, 6.07) is 21.6. The van der Waals surface area contributed by atoms with Crippen LogP contribution in [-0.4, -0.2) is 11.9 Å². The van der Waals surface area contributed by atoms with Gasteiger partial charge in [0, 0.05) is 23.5 Å². The molecule has 24 heavy (non-hydrogen) atoms. The summed E-state index contributed by atoms with van der Waals surface area (Å²) >= 11 is 2.05. The molecule has 126 valence electrons. The lowest BCUT2D eigenvalue weighted by Crippen LogP contribution is -2.44. The molecule has 3 heteroatoms. The fourth-order valence-corrected chi connectivity index (χ4v) is 5.61. The van der Waals surface area contributed by atoms with Gasteiger partial charge in [-0.3, -0.25) is 4.79 Å². The molecular weight excluding hydrogens is 314 g/mol. The number of carbonyl (C=O) groups excluding carboxylic acids is 1. The summed E-state index contributed by atoms with van der Waals surface area (Å²) in [7, 11) is 0. The molecule has 2 nitrogen and oxygen atoms in total. The van der Waals surface area contributed by atoms with Gasteiger partial charge in [0.2, 0.25) is 5.91 Å². The average Bonchev–Trinajstić information content (AvgIpc) is 2.62. The van der Waals surface area contributed by atoms with Crippen molar-refractivity contribution in [2.45, 2.75) is 43.2 Å². The van der Waals surface area contributed by atoms with Gasteiger partial charge >= 0.3 is 0 Å². The van der Waals surface area contributed by atoms with Gasteiger partial charge < -0.3 is 5.32 Å². The zero-order valence-corrected chi connectivity index (χ0v) is 15.1. The molecule has 1 amide bonds. The Hall–Kier alpha value is -1.74. The molecule has 1 aliphatic rings. The third-order valence-corrected chi connectivity index (χ3v) is 6.55. The van der Waals surface area contributed by atoms with Gasteiger partial charge in [-0.2, -0.15) is 0 Å². The number of amides is 1. The fourth-order valence-electron chi connectivity index (χ4n) is 3.73. The number of rotatable bonds is 4. The van der Waals surface area contributed by atoms with Gasteiger partial charge in [-0.25, -0.2) is 0 Å². The van der Waals surface area contributed by atoms with Crippen LogP contribution in [0, 0.1) is 5.92 Å². The lowest BCUT2D eigenvalue weighted by atomic mass is 9.85. The molecular formula is C21H25NOS. The second-order valence-electron chi connectivity index (χ2n) is 6.48. The Morgan fingerprint density at radius 1 is 1.04 bits per heavy atom. The highest BCUT2D eigenvalue weighted by molar-refractivity contribution is 7.99. The van der Waals surface area contributed by atoms with Gasteiger partial charge in [-0.05, 0) is 29.9 Å². The smallest absolute Gasteiger partial charge is 0.217 e. The second-order valence-corrected chi connectivity index (χ2v) is 7.83. The van der Waals surface area contributed by atoms with Crippen LogP contribution < -0.4 is 5.32 Å². The first-order valence-electron chi connectivity index (χ1n) is 8.71. The first-order valence-corrected chi connectivity index (χ1v) is 9.65. The number of hydrogen-bond donors (Lipinski definition) is 1. The Morgan fingerprint density at radius 3 is 2.17 bits per heavy atom. The SMILES string of the molecule is CC[C@@H]1[C@@H](NC(C)=O)C[C@@H](c2ccccc2)S[C@H]1c1ccccc1. The standard InChI is InChI=1S/C21H25NOS/c1-3-18-19(22-15(2)23)14-20(16-10-6-4-7-11-16)24-21(18)17-12-8-5-9-13-17/h4-13,18-21H,3,14H2,1-2H3,(H,22,23)/t18-,19+,20+,21+/m1/s1. The normalized spacial score (nSPS) is 26.8. The topological polar surface area (TPSA) is 29.1 Å². The lowest BCUT2D eigenvalue weighted by Gasteiger charge is -2.42. The predicted octanol–water partition coefficient (Wildman–Crippen LogP) is 5.14. The quantitative estimate of drug-likeness (QED) is 0.836. The summed E-state index contributed by atoms with van der Waals surface area (Å²) in [6.07, 6.45) is 2.06. The molecule has 1 N–H and O–H groups in total. The molecule has 1 heterocycles. The van der Waals surface area contributed by atoms with Crippen LogP contribution in [0.15, 0.2) is 60.7 Å². The summed E-state index contributed by atoms with van der Waals surface area (Å²) in [5, 5.41) is 4.05. The van der Waals surface area contributed by atoms with Crippen molar-refractivity contribution >= 4 is 17.7 Å². The average molecular weight is 340 g/mol. The summed E-state index contributed by atoms with van der Waals surface area (Å²) in [4.78, 5) is 11.7. The van der Waals surface area contributed by atoms with Crippen molar-refractivity contribution in [1.82, 2.24) is 5.32 Å². The molecule has 3 rings (SSSR count). The van der Waals surface area contributed by atoms with E-state index in [0.29, 0.717) is 16.4 Å². The van der Waals surface area contributed by atoms with E-state index in [4.69, 9.17) is 0 Å². The van der Waals surface area contributed by atoms with Crippen LogP contribution in [-0.2, 0) is 4.79 Å². The largest absolute Gasteiger partial charge is 0.353 e. The number of thioether (sulfide) groups is 1. The van der Waals surface area contributed by atoms with Crippen molar-refractivity contribution < 1.29 is 4.79 Å². The monoisotopic (exact) mass is 339 g/mol. The molecule has 0 aromatic heterocycles. The van der Waals surface area contributed by atoms with E-state index >= 15 is 0 Å². The van der Waals surface area contributed by atoms with Gasteiger partial charge in [-0.15, -0.1) is 11.8 Å². The number of benzene rings is 2. The number of carbonyl (C=O) groups is 1. The highest BCUT2D eigenvalue weighted by atomic mass is 32.2.